The van der Waals surface area contributed by atoms with Gasteiger partial charge in [0.15, 0.2) is 0 Å². The predicted molar refractivity (Wildman–Crippen MR) is 95.9 cm³/mol. The van der Waals surface area contributed by atoms with E-state index in [1.165, 1.54) is 35.3 Å². The topological polar surface area (TPSA) is 140 Å². The van der Waals surface area contributed by atoms with Crippen molar-refractivity contribution < 1.29 is 24.2 Å². The molecule has 0 spiro atoms. The second kappa shape index (κ2) is 7.66. The van der Waals surface area contributed by atoms with Crippen molar-refractivity contribution in [3.8, 4) is 0 Å². The fraction of sp³-hybridized carbons (Fsp3) is 0.538. The fourth-order valence-electron chi connectivity index (χ4n) is 2.79. The number of nitrogens with zero attached hydrogens (tertiary/aromatic N) is 5. The molecule has 0 aromatic carbocycles. The molecule has 3 rings (SSSR count). The van der Waals surface area contributed by atoms with Crippen LogP contribution in [0.5, 0.6) is 0 Å². The Morgan fingerprint density at radius 2 is 2.30 bits per heavy atom. The van der Waals surface area contributed by atoms with Crippen molar-refractivity contribution in [1.29, 1.82) is 0 Å². The summed E-state index contributed by atoms with van der Waals surface area (Å²) in [7, 11) is 2.95. The van der Waals surface area contributed by atoms with Crippen molar-refractivity contribution >= 4 is 52.9 Å². The van der Waals surface area contributed by atoms with Crippen LogP contribution in [0, 0.1) is 0 Å². The third-order valence-corrected chi connectivity index (χ3v) is 6.75. The number of hydrogen-bond acceptors (Lipinski definition) is 9. The number of fused-ring (bicyclic) bond motifs is 1. The summed E-state index contributed by atoms with van der Waals surface area (Å²) >= 11 is 8.07. The molecule has 11 nitrogen and oxygen atoms in total. The molecule has 0 aliphatic carbocycles. The van der Waals surface area contributed by atoms with Crippen molar-refractivity contribution in [1.82, 2.24) is 30.4 Å². The molecule has 2 aliphatic heterocycles. The monoisotopic (exact) mass is 434 g/mol. The number of carbonyl (C=O) groups excluding carboxylic acids is 2. The molecule has 27 heavy (non-hydrogen) atoms. The number of ether oxygens (including phenoxy) is 1. The molecule has 2 atom stereocenters. The minimum atomic E-state index is -1.62. The average molecular weight is 435 g/mol. The number of halogens is 1. The van der Waals surface area contributed by atoms with Gasteiger partial charge in [-0.2, -0.15) is 0 Å². The highest BCUT2D eigenvalue weighted by molar-refractivity contribution is 8.01. The molecular formula is C13H15ClN6O5S2. The SMILES string of the molecule is CO[C@@]1(NC(=O)CCl)C(=O)N2C(C(=O)O)=C(CSc3nnnn3C)CS[C@H]21. The van der Waals surface area contributed by atoms with Crippen LogP contribution in [0.3, 0.4) is 0 Å². The van der Waals surface area contributed by atoms with Gasteiger partial charge >= 0.3 is 5.97 Å². The largest absolute Gasteiger partial charge is 0.477 e. The highest BCUT2D eigenvalue weighted by atomic mass is 35.5. The lowest BCUT2D eigenvalue weighted by molar-refractivity contribution is -0.192. The summed E-state index contributed by atoms with van der Waals surface area (Å²) < 4.78 is 6.74. The summed E-state index contributed by atoms with van der Waals surface area (Å²) in [5.74, 6) is -2.16. The van der Waals surface area contributed by atoms with Crippen LogP contribution in [0.1, 0.15) is 0 Å². The van der Waals surface area contributed by atoms with Gasteiger partial charge in [-0.05, 0) is 16.0 Å². The Morgan fingerprint density at radius 1 is 1.56 bits per heavy atom. The van der Waals surface area contributed by atoms with Crippen LogP contribution < -0.4 is 5.32 Å². The molecule has 0 radical (unpaired) electrons. The summed E-state index contributed by atoms with van der Waals surface area (Å²) in [6.45, 7) is 0. The van der Waals surface area contributed by atoms with Gasteiger partial charge in [0.05, 0.1) is 0 Å². The number of aryl methyl sites for hydroxylation is 1. The number of alkyl halides is 1. The second-order valence-corrected chi connectivity index (χ2v) is 7.87. The van der Waals surface area contributed by atoms with Crippen molar-refractivity contribution in [2.24, 2.45) is 7.05 Å². The van der Waals surface area contributed by atoms with Gasteiger partial charge in [0.25, 0.3) is 11.6 Å². The van der Waals surface area contributed by atoms with Crippen LogP contribution in [-0.2, 0) is 26.2 Å². The van der Waals surface area contributed by atoms with Gasteiger partial charge < -0.3 is 15.2 Å². The van der Waals surface area contributed by atoms with Crippen molar-refractivity contribution in [2.75, 3.05) is 24.5 Å². The lowest BCUT2D eigenvalue weighted by Gasteiger charge is -2.55. The third kappa shape index (κ3) is 3.28. The molecule has 1 fully saturated rings. The van der Waals surface area contributed by atoms with Crippen molar-refractivity contribution in [3.63, 3.8) is 0 Å². The zero-order valence-electron chi connectivity index (χ0n) is 14.2. The molecule has 2 N–H and O–H groups in total. The van der Waals surface area contributed by atoms with Crippen LogP contribution in [0.2, 0.25) is 0 Å². The van der Waals surface area contributed by atoms with Crippen LogP contribution >= 0.6 is 35.1 Å². The minimum absolute atomic E-state index is 0.112. The van der Waals surface area contributed by atoms with E-state index in [-0.39, 0.29) is 11.6 Å². The molecule has 3 heterocycles. The molecule has 0 bridgehead atoms. The summed E-state index contributed by atoms with van der Waals surface area (Å²) in [4.78, 5) is 37.4. The molecule has 1 saturated heterocycles. The number of thioether (sulfide) groups is 2. The molecule has 2 amide bonds. The first kappa shape index (κ1) is 19.9. The third-order valence-electron chi connectivity index (χ3n) is 4.04. The normalized spacial score (nSPS) is 24.5. The molecule has 146 valence electrons. The Labute approximate surface area is 166 Å². The molecular weight excluding hydrogens is 420 g/mol. The van der Waals surface area contributed by atoms with Gasteiger partial charge in [0.2, 0.25) is 11.1 Å². The number of methoxy groups -OCH3 is 1. The van der Waals surface area contributed by atoms with Crippen LogP contribution in [-0.4, -0.2) is 83.6 Å². The maximum atomic E-state index is 12.7. The highest BCUT2D eigenvalue weighted by Crippen LogP contribution is 2.47. The van der Waals surface area contributed by atoms with Crippen molar-refractivity contribution in [2.45, 2.75) is 16.3 Å². The highest BCUT2D eigenvalue weighted by Gasteiger charge is 2.66. The number of β-lactam (4-membered cyclic amide) rings is 1. The Morgan fingerprint density at radius 3 is 2.85 bits per heavy atom. The Kier molecular flexibility index (Phi) is 5.65. The number of aliphatic carboxylic acids is 1. The first-order chi connectivity index (χ1) is 12.9. The van der Waals surface area contributed by atoms with E-state index in [9.17, 15) is 19.5 Å². The fourth-order valence-corrected chi connectivity index (χ4v) is 5.28. The summed E-state index contributed by atoms with van der Waals surface area (Å²) in [5, 5.41) is 23.0. The molecule has 2 aliphatic rings. The quantitative estimate of drug-likeness (QED) is 0.244. The maximum Gasteiger partial charge on any atom is 0.352 e. The average Bonchev–Trinajstić information content (AvgIpc) is 3.07. The number of carboxylic acid groups (broad SMARTS) is 1. The van der Waals surface area contributed by atoms with Crippen LogP contribution in [0.4, 0.5) is 0 Å². The molecule has 0 unspecified atom stereocenters. The minimum Gasteiger partial charge on any atom is -0.477 e. The van der Waals surface area contributed by atoms with Gasteiger partial charge in [-0.25, -0.2) is 9.48 Å². The number of nitrogens with one attached hydrogen (secondary N) is 1. The number of carbonyl (C=O) groups is 3. The molecule has 1 aromatic heterocycles. The number of amides is 2. The second-order valence-electron chi connectivity index (χ2n) is 5.59. The van der Waals surface area contributed by atoms with Gasteiger partial charge in [-0.1, -0.05) is 11.8 Å². The van der Waals surface area contributed by atoms with E-state index in [4.69, 9.17) is 16.3 Å². The lowest BCUT2D eigenvalue weighted by atomic mass is 9.98. The molecule has 1 aromatic rings. The van der Waals surface area contributed by atoms with E-state index >= 15 is 0 Å². The molecule has 14 heteroatoms. The van der Waals surface area contributed by atoms with Gasteiger partial charge in [-0.3, -0.25) is 14.5 Å². The zero-order chi connectivity index (χ0) is 19.8. The van der Waals surface area contributed by atoms with Crippen molar-refractivity contribution in [3.05, 3.63) is 11.3 Å². The number of carboxylic acids is 1. The van der Waals surface area contributed by atoms with E-state index in [1.54, 1.807) is 7.05 Å². The number of aromatic nitrogens is 4. The first-order valence-corrected chi connectivity index (χ1v) is 10.1. The van der Waals surface area contributed by atoms with Crippen LogP contribution in [0.25, 0.3) is 0 Å². The Bertz CT molecular complexity index is 832. The van der Waals surface area contributed by atoms with E-state index in [2.05, 4.69) is 20.8 Å². The van der Waals surface area contributed by atoms with E-state index in [1.807, 2.05) is 0 Å². The number of rotatable bonds is 7. The smallest absolute Gasteiger partial charge is 0.352 e. The first-order valence-electron chi connectivity index (χ1n) is 7.53. The van der Waals surface area contributed by atoms with Crippen LogP contribution in [0.15, 0.2) is 16.4 Å². The van der Waals surface area contributed by atoms with E-state index in [0.717, 1.165) is 4.90 Å². The maximum absolute atomic E-state index is 12.7. The van der Waals surface area contributed by atoms with Gasteiger partial charge in [0, 0.05) is 25.7 Å². The number of hydrogen-bond donors (Lipinski definition) is 2. The Hall–Kier alpha value is -1.83. The molecule has 0 saturated carbocycles. The van der Waals surface area contributed by atoms with E-state index in [0.29, 0.717) is 22.2 Å². The number of tetrazole rings is 1. The summed E-state index contributed by atoms with van der Waals surface area (Å²) in [5.41, 5.74) is -1.18. The summed E-state index contributed by atoms with van der Waals surface area (Å²) in [6, 6.07) is 0. The van der Waals surface area contributed by atoms with Gasteiger partial charge in [0.1, 0.15) is 17.0 Å². The lowest BCUT2D eigenvalue weighted by Crippen LogP contribution is -2.80. The van der Waals surface area contributed by atoms with Gasteiger partial charge in [-0.15, -0.1) is 28.5 Å². The standard InChI is InChI=1S/C13H15ClN6O5S2/c1-19-12(16-17-18-19)27-5-6-4-26-11-13(25-2,15-7(21)3-14)10(24)20(11)8(6)9(22)23/h11H,3-5H2,1-2H3,(H,15,21)(H,22,23)/t11-,13-/m0/s1. The zero-order valence-corrected chi connectivity index (χ0v) is 16.6. The predicted octanol–water partition coefficient (Wildman–Crippen LogP) is -0.746. The van der Waals surface area contributed by atoms with E-state index < -0.39 is 28.9 Å². The Balaban J connectivity index is 1.86. The summed E-state index contributed by atoms with van der Waals surface area (Å²) in [6.07, 6.45) is 0.